The number of rotatable bonds is 14. The van der Waals surface area contributed by atoms with Gasteiger partial charge in [-0.25, -0.2) is 13.2 Å². The number of ether oxygens (including phenoxy) is 2. The summed E-state index contributed by atoms with van der Waals surface area (Å²) in [7, 11) is 0. The van der Waals surface area contributed by atoms with Crippen molar-refractivity contribution >= 4 is 0 Å². The van der Waals surface area contributed by atoms with Crippen LogP contribution in [0.3, 0.4) is 0 Å². The van der Waals surface area contributed by atoms with E-state index in [1.807, 2.05) is 0 Å². The number of terminal acetylenes is 1. The first-order valence-corrected chi connectivity index (χ1v) is 13.9. The fourth-order valence-electron chi connectivity index (χ4n) is 5.22. The van der Waals surface area contributed by atoms with Crippen molar-refractivity contribution in [3.63, 3.8) is 0 Å². The average Bonchev–Trinajstić information content (AvgIpc) is 2.94. The van der Waals surface area contributed by atoms with Crippen LogP contribution in [0.25, 0.3) is 0 Å². The molecule has 226 valence electrons. The lowest BCUT2D eigenvalue weighted by molar-refractivity contribution is -0.226. The number of hydrogen-bond donors (Lipinski definition) is 0. The Morgan fingerprint density at radius 1 is 1.02 bits per heavy atom. The monoisotopic (exact) mass is 574 g/mol. The summed E-state index contributed by atoms with van der Waals surface area (Å²) in [6.07, 6.45) is 13.5. The minimum Gasteiger partial charge on any atom is -0.343 e. The highest BCUT2D eigenvalue weighted by Gasteiger charge is 2.40. The zero-order chi connectivity index (χ0) is 30.4. The highest BCUT2D eigenvalue weighted by molar-refractivity contribution is 5.35. The van der Waals surface area contributed by atoms with E-state index in [4.69, 9.17) is 9.47 Å². The molecular formula is C32H44F6O2. The zero-order valence-corrected chi connectivity index (χ0v) is 24.1. The van der Waals surface area contributed by atoms with E-state index in [1.165, 1.54) is 50.0 Å². The van der Waals surface area contributed by atoms with E-state index in [-0.39, 0.29) is 24.7 Å². The topological polar surface area (TPSA) is 18.5 Å². The summed E-state index contributed by atoms with van der Waals surface area (Å²) in [5.74, 6) is -3.78. The third kappa shape index (κ3) is 10.6. The van der Waals surface area contributed by atoms with Gasteiger partial charge in [-0.2, -0.15) is 13.2 Å². The number of benzene rings is 1. The summed E-state index contributed by atoms with van der Waals surface area (Å²) < 4.78 is 92.2. The van der Waals surface area contributed by atoms with Crippen LogP contribution in [0.2, 0.25) is 0 Å². The zero-order valence-electron chi connectivity index (χ0n) is 24.1. The highest BCUT2D eigenvalue weighted by atomic mass is 19.4. The van der Waals surface area contributed by atoms with Crippen LogP contribution in [0.4, 0.5) is 26.3 Å². The van der Waals surface area contributed by atoms with E-state index in [2.05, 4.69) is 26.7 Å². The molecule has 0 heterocycles. The molecule has 0 N–H and O–H groups in total. The predicted molar refractivity (Wildman–Crippen MR) is 149 cm³/mol. The molecule has 1 aliphatic carbocycles. The number of hydrogen-bond acceptors (Lipinski definition) is 2. The molecule has 1 aromatic rings. The van der Waals surface area contributed by atoms with E-state index >= 15 is 0 Å². The van der Waals surface area contributed by atoms with Crippen molar-refractivity contribution in [3.8, 4) is 12.8 Å². The second-order valence-electron chi connectivity index (χ2n) is 10.5. The van der Waals surface area contributed by atoms with Gasteiger partial charge < -0.3 is 9.47 Å². The van der Waals surface area contributed by atoms with Gasteiger partial charge >= 0.3 is 6.18 Å². The van der Waals surface area contributed by atoms with Crippen molar-refractivity contribution in [1.29, 1.82) is 0 Å². The molecule has 0 spiro atoms. The van der Waals surface area contributed by atoms with Gasteiger partial charge in [-0.1, -0.05) is 69.9 Å². The fourth-order valence-corrected chi connectivity index (χ4v) is 5.22. The maximum atomic E-state index is 13.6. The average molecular weight is 575 g/mol. The fraction of sp³-hybridized carbons (Fsp3) is 0.625. The lowest BCUT2D eigenvalue weighted by Gasteiger charge is -2.38. The summed E-state index contributed by atoms with van der Waals surface area (Å²) in [6.45, 7) is 6.26. The predicted octanol–water partition coefficient (Wildman–Crippen LogP) is 9.90. The van der Waals surface area contributed by atoms with Crippen LogP contribution in [0.1, 0.15) is 83.8 Å². The van der Waals surface area contributed by atoms with E-state index in [1.54, 1.807) is 13.8 Å². The first-order chi connectivity index (χ1) is 18.9. The van der Waals surface area contributed by atoms with Gasteiger partial charge in [0.15, 0.2) is 6.67 Å². The number of allylic oxidation sites excluding steroid dienone is 3. The van der Waals surface area contributed by atoms with E-state index < -0.39 is 36.5 Å². The van der Waals surface area contributed by atoms with Crippen LogP contribution in [0.15, 0.2) is 48.1 Å². The van der Waals surface area contributed by atoms with Crippen LogP contribution < -0.4 is 0 Å². The highest BCUT2D eigenvalue weighted by Crippen LogP contribution is 2.41. The van der Waals surface area contributed by atoms with Crippen molar-refractivity contribution in [2.75, 3.05) is 19.9 Å². The van der Waals surface area contributed by atoms with Gasteiger partial charge in [0.25, 0.3) is 5.92 Å². The lowest BCUT2D eigenvalue weighted by Crippen LogP contribution is -2.37. The van der Waals surface area contributed by atoms with Crippen molar-refractivity contribution in [3.05, 3.63) is 59.2 Å². The standard InChI is InChI=1S/C30H42F6O2.C2H2/c1-5-10-24-14-16-25(17-15-24)22(3)20-38-29(37-6-2,23(4)11-7-8-18-28(32,33)21-31)26-12-9-13-27(19-26)30(34,35)36;1-2/h7-9,11-13,19,22,24-25H,5-6,10,14-18,20-21H2,1-4H3;1-2H/b8-7-,23-11+;. The molecule has 0 saturated heterocycles. The second-order valence-corrected chi connectivity index (χ2v) is 10.5. The Balaban J connectivity index is 0.00000391. The molecule has 0 bridgehead atoms. The Kier molecular flexibility index (Phi) is 15.1. The number of halogens is 6. The van der Waals surface area contributed by atoms with Gasteiger partial charge in [-0.3, -0.25) is 0 Å². The van der Waals surface area contributed by atoms with Crippen molar-refractivity contribution in [1.82, 2.24) is 0 Å². The molecule has 2 atom stereocenters. The lowest BCUT2D eigenvalue weighted by atomic mass is 9.75. The third-order valence-electron chi connectivity index (χ3n) is 7.47. The largest absolute Gasteiger partial charge is 0.416 e. The van der Waals surface area contributed by atoms with Crippen molar-refractivity contribution in [2.45, 2.75) is 90.5 Å². The van der Waals surface area contributed by atoms with Gasteiger partial charge in [0.05, 0.1) is 12.2 Å². The molecule has 1 saturated carbocycles. The molecule has 1 aromatic carbocycles. The third-order valence-corrected chi connectivity index (χ3v) is 7.47. The van der Waals surface area contributed by atoms with E-state index in [0.29, 0.717) is 11.5 Å². The molecule has 2 rings (SSSR count). The Labute approximate surface area is 236 Å². The maximum Gasteiger partial charge on any atom is 0.416 e. The molecule has 1 fully saturated rings. The first-order valence-electron chi connectivity index (χ1n) is 13.9. The van der Waals surface area contributed by atoms with Crippen LogP contribution in [-0.4, -0.2) is 25.8 Å². The van der Waals surface area contributed by atoms with Gasteiger partial charge in [-0.05, 0) is 62.1 Å². The van der Waals surface area contributed by atoms with E-state index in [9.17, 15) is 26.3 Å². The molecule has 2 nitrogen and oxygen atoms in total. The van der Waals surface area contributed by atoms with Crippen LogP contribution in [0.5, 0.6) is 0 Å². The number of alkyl halides is 6. The minimum atomic E-state index is -4.56. The Morgan fingerprint density at radius 3 is 2.20 bits per heavy atom. The van der Waals surface area contributed by atoms with Crippen LogP contribution in [-0.2, 0) is 21.4 Å². The molecule has 0 aromatic heterocycles. The van der Waals surface area contributed by atoms with Gasteiger partial charge in [0.1, 0.15) is 0 Å². The van der Waals surface area contributed by atoms with Crippen LogP contribution in [0, 0.1) is 30.6 Å². The van der Waals surface area contributed by atoms with E-state index in [0.717, 1.165) is 37.0 Å². The van der Waals surface area contributed by atoms with Gasteiger partial charge in [0.2, 0.25) is 5.79 Å². The molecule has 8 heteroatoms. The Hall–Kier alpha value is -2.24. The molecule has 40 heavy (non-hydrogen) atoms. The SMILES string of the molecule is C#C.CCCC1CCC(C(C)COC(OCC)(/C(C)=C/C=C\CC(F)(F)CF)c2cccc(C(F)(F)F)c2)CC1. The second kappa shape index (κ2) is 16.9. The van der Waals surface area contributed by atoms with Crippen LogP contribution >= 0.6 is 0 Å². The summed E-state index contributed by atoms with van der Waals surface area (Å²) in [5, 5.41) is 0. The van der Waals surface area contributed by atoms with Crippen molar-refractivity contribution < 1.29 is 35.8 Å². The smallest absolute Gasteiger partial charge is 0.343 e. The normalized spacial score (nSPS) is 20.9. The van der Waals surface area contributed by atoms with Gasteiger partial charge in [-0.15, -0.1) is 12.8 Å². The molecule has 2 unspecified atom stereocenters. The molecule has 0 aliphatic heterocycles. The van der Waals surface area contributed by atoms with Crippen molar-refractivity contribution in [2.24, 2.45) is 17.8 Å². The molecule has 1 aliphatic rings. The molecule has 0 amide bonds. The Bertz CT molecular complexity index is 944. The summed E-state index contributed by atoms with van der Waals surface area (Å²) >= 11 is 0. The summed E-state index contributed by atoms with van der Waals surface area (Å²) in [6, 6.07) is 4.81. The minimum absolute atomic E-state index is 0.140. The molecule has 0 radical (unpaired) electrons. The van der Waals surface area contributed by atoms with Gasteiger partial charge in [0, 0.05) is 18.6 Å². The summed E-state index contributed by atoms with van der Waals surface area (Å²) in [4.78, 5) is 0. The molecular weight excluding hydrogens is 530 g/mol. The quantitative estimate of drug-likeness (QED) is 0.0953. The first kappa shape index (κ1) is 35.8. The maximum absolute atomic E-state index is 13.6. The summed E-state index contributed by atoms with van der Waals surface area (Å²) in [5.41, 5.74) is -0.266. The Morgan fingerprint density at radius 2 is 1.65 bits per heavy atom.